The highest BCUT2D eigenvalue weighted by atomic mass is 16.5. The zero-order valence-electron chi connectivity index (χ0n) is 17.3. The Morgan fingerprint density at radius 2 is 1.84 bits per heavy atom. The third-order valence-electron chi connectivity index (χ3n) is 5.10. The number of hydrogen-bond donors (Lipinski definition) is 3. The third-order valence-corrected chi connectivity index (χ3v) is 5.10. The molecule has 2 heterocycles. The quantitative estimate of drug-likeness (QED) is 0.468. The number of anilines is 1. The highest BCUT2D eigenvalue weighted by molar-refractivity contribution is 6.09. The zero-order chi connectivity index (χ0) is 22.3. The van der Waals surface area contributed by atoms with Crippen molar-refractivity contribution in [1.29, 1.82) is 0 Å². The second-order valence-corrected chi connectivity index (χ2v) is 7.43. The predicted octanol–water partition coefficient (Wildman–Crippen LogP) is 2.32. The molecule has 1 aliphatic heterocycles. The van der Waals surface area contributed by atoms with Gasteiger partial charge in [-0.25, -0.2) is 0 Å². The number of carbonyl (C=O) groups excluding carboxylic acids is 3. The van der Waals surface area contributed by atoms with Gasteiger partial charge in [-0.05, 0) is 25.0 Å². The molecule has 32 heavy (non-hydrogen) atoms. The Morgan fingerprint density at radius 1 is 1.06 bits per heavy atom. The van der Waals surface area contributed by atoms with Crippen LogP contribution < -0.4 is 16.0 Å². The van der Waals surface area contributed by atoms with Crippen molar-refractivity contribution in [2.75, 3.05) is 11.9 Å². The van der Waals surface area contributed by atoms with Crippen LogP contribution in [0, 0.1) is 0 Å². The molecule has 3 N–H and O–H groups in total. The van der Waals surface area contributed by atoms with E-state index in [1.807, 2.05) is 30.3 Å². The number of rotatable bonds is 8. The fraction of sp³-hybridized carbons (Fsp3) is 0.261. The topological polar surface area (TPSA) is 126 Å². The monoisotopic (exact) mass is 433 g/mol. The molecule has 1 atom stereocenters. The summed E-state index contributed by atoms with van der Waals surface area (Å²) in [5.74, 6) is 0.191. The van der Waals surface area contributed by atoms with Crippen molar-refractivity contribution in [2.45, 2.75) is 31.7 Å². The second-order valence-electron chi connectivity index (χ2n) is 7.43. The summed E-state index contributed by atoms with van der Waals surface area (Å²) in [4.78, 5) is 41.2. The van der Waals surface area contributed by atoms with Crippen molar-refractivity contribution >= 4 is 23.4 Å². The molecule has 0 spiro atoms. The Morgan fingerprint density at radius 3 is 2.69 bits per heavy atom. The molecule has 3 aromatic rings. The molecule has 0 fully saturated rings. The lowest BCUT2D eigenvalue weighted by molar-refractivity contribution is -0.121. The number of aryl methyl sites for hydroxylation is 1. The molecule has 0 radical (unpaired) electrons. The lowest BCUT2D eigenvalue weighted by atomic mass is 10.1. The van der Waals surface area contributed by atoms with Gasteiger partial charge >= 0.3 is 0 Å². The Balaban J connectivity index is 1.19. The standard InChI is InChI=1S/C23H23N5O4/c29-19(13-12-18-23(31)25-17-10-5-4-9-16(17)22(30)26-18)24-14-6-11-20-27-21(28-32-20)15-7-2-1-3-8-15/h1-5,7-10,18H,6,11-14H2,(H,24,29)(H,25,31)(H,26,30)/t18-/m0/s1. The maximum atomic E-state index is 12.4. The summed E-state index contributed by atoms with van der Waals surface area (Å²) in [7, 11) is 0. The third kappa shape index (κ3) is 5.18. The molecule has 2 aromatic carbocycles. The first-order valence-corrected chi connectivity index (χ1v) is 10.5. The fourth-order valence-electron chi connectivity index (χ4n) is 3.41. The molecule has 1 aliphatic rings. The Hall–Kier alpha value is -4.01. The van der Waals surface area contributed by atoms with Gasteiger partial charge in [0.05, 0.1) is 11.3 Å². The summed E-state index contributed by atoms with van der Waals surface area (Å²) in [5, 5.41) is 12.2. The van der Waals surface area contributed by atoms with Gasteiger partial charge in [0.1, 0.15) is 6.04 Å². The van der Waals surface area contributed by atoms with Gasteiger partial charge in [-0.15, -0.1) is 0 Å². The molecule has 4 rings (SSSR count). The SMILES string of the molecule is O=C(CC[C@@H]1NC(=O)c2ccccc2NC1=O)NCCCc1nc(-c2ccccc2)no1. The predicted molar refractivity (Wildman–Crippen MR) is 117 cm³/mol. The number of amides is 3. The van der Waals surface area contributed by atoms with Crippen LogP contribution in [0.25, 0.3) is 11.4 Å². The second kappa shape index (κ2) is 9.86. The summed E-state index contributed by atoms with van der Waals surface area (Å²) in [5.41, 5.74) is 1.76. The highest BCUT2D eigenvalue weighted by Gasteiger charge is 2.27. The van der Waals surface area contributed by atoms with E-state index in [1.54, 1.807) is 24.3 Å². The van der Waals surface area contributed by atoms with E-state index in [9.17, 15) is 14.4 Å². The van der Waals surface area contributed by atoms with Crippen LogP contribution >= 0.6 is 0 Å². The van der Waals surface area contributed by atoms with Crippen molar-refractivity contribution in [3.8, 4) is 11.4 Å². The number of para-hydroxylation sites is 1. The van der Waals surface area contributed by atoms with Gasteiger partial charge in [0.15, 0.2) is 0 Å². The number of hydrogen-bond acceptors (Lipinski definition) is 6. The molecule has 164 valence electrons. The first-order chi connectivity index (χ1) is 15.6. The maximum absolute atomic E-state index is 12.4. The van der Waals surface area contributed by atoms with E-state index in [0.717, 1.165) is 5.56 Å². The molecule has 0 saturated carbocycles. The van der Waals surface area contributed by atoms with Crippen LogP contribution in [0.2, 0.25) is 0 Å². The minimum Gasteiger partial charge on any atom is -0.356 e. The fourth-order valence-corrected chi connectivity index (χ4v) is 3.41. The van der Waals surface area contributed by atoms with E-state index in [-0.39, 0.29) is 30.6 Å². The van der Waals surface area contributed by atoms with Crippen LogP contribution in [0.1, 0.15) is 35.5 Å². The molecule has 0 saturated heterocycles. The van der Waals surface area contributed by atoms with E-state index in [2.05, 4.69) is 26.1 Å². The van der Waals surface area contributed by atoms with Crippen molar-refractivity contribution in [1.82, 2.24) is 20.8 Å². The maximum Gasteiger partial charge on any atom is 0.254 e. The largest absolute Gasteiger partial charge is 0.356 e. The molecule has 9 heteroatoms. The van der Waals surface area contributed by atoms with Crippen molar-refractivity contribution in [3.05, 3.63) is 66.1 Å². The van der Waals surface area contributed by atoms with Gasteiger partial charge in [-0.1, -0.05) is 47.6 Å². The molecule has 1 aromatic heterocycles. The zero-order valence-corrected chi connectivity index (χ0v) is 17.3. The van der Waals surface area contributed by atoms with Crippen LogP contribution in [-0.2, 0) is 16.0 Å². The molecular formula is C23H23N5O4. The van der Waals surface area contributed by atoms with Crippen molar-refractivity contribution in [3.63, 3.8) is 0 Å². The van der Waals surface area contributed by atoms with Gasteiger partial charge in [-0.2, -0.15) is 4.98 Å². The van der Waals surface area contributed by atoms with Gasteiger partial charge in [0, 0.05) is 24.9 Å². The van der Waals surface area contributed by atoms with E-state index in [1.165, 1.54) is 0 Å². The van der Waals surface area contributed by atoms with Crippen molar-refractivity contribution in [2.24, 2.45) is 0 Å². The number of carbonyl (C=O) groups is 3. The average Bonchev–Trinajstić information content (AvgIpc) is 3.24. The molecule has 3 amide bonds. The Kier molecular flexibility index (Phi) is 6.54. The minimum absolute atomic E-state index is 0.118. The number of nitrogens with one attached hydrogen (secondary N) is 3. The van der Waals surface area contributed by atoms with Crippen LogP contribution in [0.5, 0.6) is 0 Å². The first-order valence-electron chi connectivity index (χ1n) is 10.5. The molecule has 9 nitrogen and oxygen atoms in total. The number of benzene rings is 2. The lowest BCUT2D eigenvalue weighted by Crippen LogP contribution is -2.42. The van der Waals surface area contributed by atoms with E-state index in [0.29, 0.717) is 42.4 Å². The van der Waals surface area contributed by atoms with Crippen LogP contribution in [0.4, 0.5) is 5.69 Å². The van der Waals surface area contributed by atoms with Gasteiger partial charge in [0.2, 0.25) is 23.5 Å². The summed E-state index contributed by atoms with van der Waals surface area (Å²) in [6.07, 6.45) is 1.51. The average molecular weight is 433 g/mol. The van der Waals surface area contributed by atoms with Gasteiger partial charge in [0.25, 0.3) is 5.91 Å². The molecular weight excluding hydrogens is 410 g/mol. The Labute approximate surface area is 184 Å². The molecule has 0 bridgehead atoms. The van der Waals surface area contributed by atoms with Crippen LogP contribution in [-0.4, -0.2) is 40.4 Å². The number of aromatic nitrogens is 2. The smallest absolute Gasteiger partial charge is 0.254 e. The molecule has 0 aliphatic carbocycles. The van der Waals surface area contributed by atoms with Gasteiger partial charge in [-0.3, -0.25) is 14.4 Å². The van der Waals surface area contributed by atoms with Crippen LogP contribution in [0.3, 0.4) is 0 Å². The van der Waals surface area contributed by atoms with E-state index in [4.69, 9.17) is 4.52 Å². The summed E-state index contributed by atoms with van der Waals surface area (Å²) < 4.78 is 5.25. The van der Waals surface area contributed by atoms with Crippen LogP contribution in [0.15, 0.2) is 59.1 Å². The number of fused-ring (bicyclic) bond motifs is 1. The van der Waals surface area contributed by atoms with E-state index < -0.39 is 6.04 Å². The summed E-state index contributed by atoms with van der Waals surface area (Å²) in [6, 6.07) is 15.6. The molecule has 0 unspecified atom stereocenters. The summed E-state index contributed by atoms with van der Waals surface area (Å²) >= 11 is 0. The number of nitrogens with zero attached hydrogens (tertiary/aromatic N) is 2. The minimum atomic E-state index is -0.768. The highest BCUT2D eigenvalue weighted by Crippen LogP contribution is 2.19. The normalized spacial score (nSPS) is 15.3. The summed E-state index contributed by atoms with van der Waals surface area (Å²) in [6.45, 7) is 0.441. The van der Waals surface area contributed by atoms with Crippen molar-refractivity contribution < 1.29 is 18.9 Å². The van der Waals surface area contributed by atoms with E-state index >= 15 is 0 Å². The first kappa shape index (κ1) is 21.2. The van der Waals surface area contributed by atoms with Gasteiger partial charge < -0.3 is 20.5 Å². The lowest BCUT2D eigenvalue weighted by Gasteiger charge is -2.14. The Bertz CT molecular complexity index is 1110.